The maximum atomic E-state index is 5.87. The van der Waals surface area contributed by atoms with Gasteiger partial charge in [0.25, 0.3) is 0 Å². The summed E-state index contributed by atoms with van der Waals surface area (Å²) >= 11 is 0. The minimum absolute atomic E-state index is 0.0266. The van der Waals surface area contributed by atoms with Crippen LogP contribution in [0.25, 0.3) is 0 Å². The lowest BCUT2D eigenvalue weighted by Crippen LogP contribution is -2.13. The minimum Gasteiger partial charge on any atom is -0.371 e. The molecular formula is C17H29N3O. The molecule has 0 spiro atoms. The summed E-state index contributed by atoms with van der Waals surface area (Å²) in [6, 6.07) is 2.14. The normalized spacial score (nSPS) is 17.1. The Morgan fingerprint density at radius 1 is 1.24 bits per heavy atom. The van der Waals surface area contributed by atoms with Gasteiger partial charge in [0, 0.05) is 30.8 Å². The van der Waals surface area contributed by atoms with Crippen molar-refractivity contribution in [2.45, 2.75) is 71.3 Å². The van der Waals surface area contributed by atoms with Crippen LogP contribution in [0.15, 0.2) is 6.07 Å². The zero-order valence-corrected chi connectivity index (χ0v) is 13.7. The second-order valence-corrected chi connectivity index (χ2v) is 5.78. The van der Waals surface area contributed by atoms with Crippen molar-refractivity contribution in [3.8, 4) is 0 Å². The van der Waals surface area contributed by atoms with Gasteiger partial charge in [-0.05, 0) is 33.1 Å². The van der Waals surface area contributed by atoms with E-state index in [2.05, 4.69) is 30.2 Å². The highest BCUT2D eigenvalue weighted by molar-refractivity contribution is 5.37. The third kappa shape index (κ3) is 4.40. The summed E-state index contributed by atoms with van der Waals surface area (Å²) in [4.78, 5) is 9.54. The van der Waals surface area contributed by atoms with Crippen molar-refractivity contribution < 1.29 is 4.74 Å². The molecule has 0 aliphatic heterocycles. The van der Waals surface area contributed by atoms with Crippen molar-refractivity contribution >= 4 is 5.82 Å². The molecule has 0 saturated heterocycles. The fraction of sp³-hybridized carbons (Fsp3) is 0.765. The molecule has 4 nitrogen and oxygen atoms in total. The number of rotatable bonds is 8. The number of hydrogen-bond donors (Lipinski definition) is 1. The van der Waals surface area contributed by atoms with Crippen LogP contribution in [0.3, 0.4) is 0 Å². The lowest BCUT2D eigenvalue weighted by atomic mass is 10.0. The summed E-state index contributed by atoms with van der Waals surface area (Å²) in [6.07, 6.45) is 7.25. The average Bonchev–Trinajstić information content (AvgIpc) is 3.01. The van der Waals surface area contributed by atoms with Gasteiger partial charge < -0.3 is 10.1 Å². The van der Waals surface area contributed by atoms with Gasteiger partial charge in [-0.1, -0.05) is 26.2 Å². The van der Waals surface area contributed by atoms with Gasteiger partial charge in [-0.25, -0.2) is 9.97 Å². The van der Waals surface area contributed by atoms with Gasteiger partial charge >= 0.3 is 0 Å². The first-order valence-electron chi connectivity index (χ1n) is 8.52. The lowest BCUT2D eigenvalue weighted by Gasteiger charge is -2.18. The average molecular weight is 291 g/mol. The predicted molar refractivity (Wildman–Crippen MR) is 86.7 cm³/mol. The lowest BCUT2D eigenvalue weighted by molar-refractivity contribution is 0.0492. The minimum atomic E-state index is 0.0266. The van der Waals surface area contributed by atoms with Gasteiger partial charge in [-0.3, -0.25) is 0 Å². The molecule has 0 bridgehead atoms. The summed E-state index contributed by atoms with van der Waals surface area (Å²) in [7, 11) is 0. The second-order valence-electron chi connectivity index (χ2n) is 5.78. The van der Waals surface area contributed by atoms with E-state index in [0.29, 0.717) is 12.5 Å². The molecule has 0 amide bonds. The molecule has 21 heavy (non-hydrogen) atoms. The molecule has 1 aromatic rings. The highest BCUT2D eigenvalue weighted by Crippen LogP contribution is 2.34. The number of nitrogens with zero attached hydrogens (tertiary/aromatic N) is 2. The topological polar surface area (TPSA) is 47.0 Å². The molecule has 4 heteroatoms. The smallest absolute Gasteiger partial charge is 0.159 e. The quantitative estimate of drug-likeness (QED) is 0.769. The third-order valence-corrected chi connectivity index (χ3v) is 4.10. The van der Waals surface area contributed by atoms with Crippen LogP contribution in [0, 0.1) is 0 Å². The Hall–Kier alpha value is -1.16. The molecule has 1 heterocycles. The molecule has 1 aliphatic carbocycles. The van der Waals surface area contributed by atoms with Crippen molar-refractivity contribution in [3.05, 3.63) is 17.6 Å². The van der Waals surface area contributed by atoms with Gasteiger partial charge in [0.2, 0.25) is 0 Å². The van der Waals surface area contributed by atoms with Gasteiger partial charge in [0.1, 0.15) is 11.9 Å². The van der Waals surface area contributed by atoms with E-state index in [1.54, 1.807) is 0 Å². The first-order chi connectivity index (χ1) is 10.3. The third-order valence-electron chi connectivity index (χ3n) is 4.10. The molecule has 0 aromatic carbocycles. The standard InChI is InChI=1S/C17H29N3O/c1-4-9-15(21-6-3)17-19-14(13-10-7-8-11-13)12-16(20-17)18-5-2/h12-13,15H,4-11H2,1-3H3,(H,18,19,20). The molecule has 1 fully saturated rings. The van der Waals surface area contributed by atoms with E-state index in [0.717, 1.165) is 31.0 Å². The summed E-state index contributed by atoms with van der Waals surface area (Å²) in [5, 5.41) is 3.34. The molecule has 1 saturated carbocycles. The molecular weight excluding hydrogens is 262 g/mol. The van der Waals surface area contributed by atoms with Crippen molar-refractivity contribution in [2.24, 2.45) is 0 Å². The predicted octanol–water partition coefficient (Wildman–Crippen LogP) is 4.44. The Morgan fingerprint density at radius 2 is 2.00 bits per heavy atom. The second kappa shape index (κ2) is 8.32. The number of nitrogens with one attached hydrogen (secondary N) is 1. The zero-order chi connectivity index (χ0) is 15.1. The van der Waals surface area contributed by atoms with Crippen LogP contribution in [0.4, 0.5) is 5.82 Å². The Balaban J connectivity index is 2.28. The number of aromatic nitrogens is 2. The molecule has 1 N–H and O–H groups in total. The zero-order valence-electron chi connectivity index (χ0n) is 13.7. The summed E-state index contributed by atoms with van der Waals surface area (Å²) < 4.78 is 5.87. The van der Waals surface area contributed by atoms with Gasteiger partial charge in [-0.2, -0.15) is 0 Å². The van der Waals surface area contributed by atoms with Crippen LogP contribution >= 0.6 is 0 Å². The summed E-state index contributed by atoms with van der Waals surface area (Å²) in [6.45, 7) is 7.90. The molecule has 2 rings (SSSR count). The van der Waals surface area contributed by atoms with E-state index in [4.69, 9.17) is 9.72 Å². The van der Waals surface area contributed by atoms with E-state index >= 15 is 0 Å². The molecule has 118 valence electrons. The van der Waals surface area contributed by atoms with Gasteiger partial charge in [-0.15, -0.1) is 0 Å². The maximum absolute atomic E-state index is 5.87. The monoisotopic (exact) mass is 291 g/mol. The van der Waals surface area contributed by atoms with Gasteiger partial charge in [0.15, 0.2) is 5.82 Å². The highest BCUT2D eigenvalue weighted by Gasteiger charge is 2.22. The van der Waals surface area contributed by atoms with Crippen LogP contribution in [0.5, 0.6) is 0 Å². The summed E-state index contributed by atoms with van der Waals surface area (Å²) in [5.74, 6) is 2.41. The number of anilines is 1. The van der Waals surface area contributed by atoms with Crippen LogP contribution in [0.1, 0.15) is 82.8 Å². The van der Waals surface area contributed by atoms with Crippen molar-refractivity contribution in [2.75, 3.05) is 18.5 Å². The van der Waals surface area contributed by atoms with E-state index in [-0.39, 0.29) is 6.10 Å². The summed E-state index contributed by atoms with van der Waals surface area (Å²) in [5.41, 5.74) is 1.20. The van der Waals surface area contributed by atoms with Crippen molar-refractivity contribution in [1.29, 1.82) is 0 Å². The highest BCUT2D eigenvalue weighted by atomic mass is 16.5. The Labute approximate surface area is 128 Å². The molecule has 1 aliphatic rings. The molecule has 0 radical (unpaired) electrons. The first kappa shape index (κ1) is 16.2. The van der Waals surface area contributed by atoms with Crippen LogP contribution in [-0.2, 0) is 4.74 Å². The molecule has 1 unspecified atom stereocenters. The Kier molecular flexibility index (Phi) is 6.43. The van der Waals surface area contributed by atoms with Crippen LogP contribution < -0.4 is 5.32 Å². The van der Waals surface area contributed by atoms with E-state index in [1.165, 1.54) is 31.4 Å². The number of hydrogen-bond acceptors (Lipinski definition) is 4. The first-order valence-corrected chi connectivity index (χ1v) is 8.52. The Morgan fingerprint density at radius 3 is 2.62 bits per heavy atom. The fourth-order valence-electron chi connectivity index (χ4n) is 3.08. The Bertz CT molecular complexity index is 424. The van der Waals surface area contributed by atoms with Crippen LogP contribution in [-0.4, -0.2) is 23.1 Å². The van der Waals surface area contributed by atoms with Crippen LogP contribution in [0.2, 0.25) is 0 Å². The van der Waals surface area contributed by atoms with Crippen molar-refractivity contribution in [3.63, 3.8) is 0 Å². The molecule has 1 aromatic heterocycles. The fourth-order valence-corrected chi connectivity index (χ4v) is 3.08. The SMILES string of the molecule is CCCC(OCC)c1nc(NCC)cc(C2CCCC2)n1. The van der Waals surface area contributed by atoms with E-state index in [9.17, 15) is 0 Å². The molecule has 1 atom stereocenters. The van der Waals surface area contributed by atoms with Gasteiger partial charge in [0.05, 0.1) is 0 Å². The largest absolute Gasteiger partial charge is 0.371 e. The van der Waals surface area contributed by atoms with E-state index in [1.807, 2.05) is 6.92 Å². The number of ether oxygens (including phenoxy) is 1. The van der Waals surface area contributed by atoms with E-state index < -0.39 is 0 Å². The van der Waals surface area contributed by atoms with Crippen molar-refractivity contribution in [1.82, 2.24) is 9.97 Å². The maximum Gasteiger partial charge on any atom is 0.159 e.